The van der Waals surface area contributed by atoms with E-state index in [1.54, 1.807) is 24.5 Å². The van der Waals surface area contributed by atoms with Crippen molar-refractivity contribution in [3.63, 3.8) is 0 Å². The van der Waals surface area contributed by atoms with Gasteiger partial charge in [0, 0.05) is 17.8 Å². The lowest BCUT2D eigenvalue weighted by Gasteiger charge is -2.03. The van der Waals surface area contributed by atoms with Crippen molar-refractivity contribution in [2.75, 3.05) is 0 Å². The molecule has 0 saturated heterocycles. The van der Waals surface area contributed by atoms with Crippen LogP contribution in [0.5, 0.6) is 0 Å². The Labute approximate surface area is 130 Å². The van der Waals surface area contributed by atoms with Crippen LogP contribution in [0.25, 0.3) is 16.4 Å². The molecule has 0 unspecified atom stereocenters. The second-order valence-electron chi connectivity index (χ2n) is 5.04. The van der Waals surface area contributed by atoms with E-state index >= 15 is 0 Å². The molecule has 0 atom stereocenters. The predicted molar refractivity (Wildman–Crippen MR) is 85.3 cm³/mol. The molecule has 0 spiro atoms. The molecule has 1 aromatic carbocycles. The highest BCUT2D eigenvalue weighted by atomic mass is 35.5. The van der Waals surface area contributed by atoms with Gasteiger partial charge in [0.15, 0.2) is 0 Å². The molecule has 3 aromatic heterocycles. The van der Waals surface area contributed by atoms with Crippen LogP contribution in [0, 0.1) is 0 Å². The first-order chi connectivity index (χ1) is 10.7. The number of imidazole rings is 1. The van der Waals surface area contributed by atoms with E-state index in [9.17, 15) is 4.79 Å². The van der Waals surface area contributed by atoms with Crippen molar-refractivity contribution >= 4 is 28.0 Å². The second-order valence-corrected chi connectivity index (χ2v) is 5.48. The van der Waals surface area contributed by atoms with Gasteiger partial charge < -0.3 is 4.40 Å². The van der Waals surface area contributed by atoms with Gasteiger partial charge in [0.25, 0.3) is 5.56 Å². The lowest BCUT2D eigenvalue weighted by Crippen LogP contribution is -2.23. The van der Waals surface area contributed by atoms with Gasteiger partial charge in [-0.1, -0.05) is 29.8 Å². The SMILES string of the molecule is O=c1c2ccccc2cnn1Cc1cn2cc(Cl)ccc2n1. The lowest BCUT2D eigenvalue weighted by atomic mass is 10.2. The van der Waals surface area contributed by atoms with Crippen LogP contribution in [-0.4, -0.2) is 19.2 Å². The Balaban J connectivity index is 1.78. The van der Waals surface area contributed by atoms with Crippen LogP contribution in [0.3, 0.4) is 0 Å². The Morgan fingerprint density at radius 1 is 1.09 bits per heavy atom. The summed E-state index contributed by atoms with van der Waals surface area (Å²) in [5.41, 5.74) is 1.42. The van der Waals surface area contributed by atoms with Crippen molar-refractivity contribution in [2.45, 2.75) is 6.54 Å². The molecule has 5 nitrogen and oxygen atoms in total. The predicted octanol–water partition coefficient (Wildman–Crippen LogP) is 2.75. The van der Waals surface area contributed by atoms with Gasteiger partial charge in [-0.05, 0) is 18.2 Å². The number of aromatic nitrogens is 4. The third-order valence-electron chi connectivity index (χ3n) is 3.54. The van der Waals surface area contributed by atoms with Crippen LogP contribution in [0.2, 0.25) is 5.02 Å². The first-order valence-corrected chi connectivity index (χ1v) is 7.16. The van der Waals surface area contributed by atoms with Crippen molar-refractivity contribution in [1.29, 1.82) is 0 Å². The molecule has 0 amide bonds. The molecule has 4 rings (SSSR count). The minimum absolute atomic E-state index is 0.117. The van der Waals surface area contributed by atoms with Crippen molar-refractivity contribution in [3.8, 4) is 0 Å². The summed E-state index contributed by atoms with van der Waals surface area (Å²) in [6.07, 6.45) is 5.33. The number of rotatable bonds is 2. The average molecular weight is 311 g/mol. The van der Waals surface area contributed by atoms with Gasteiger partial charge in [0.2, 0.25) is 0 Å². The third-order valence-corrected chi connectivity index (χ3v) is 3.76. The minimum atomic E-state index is -0.117. The summed E-state index contributed by atoms with van der Waals surface area (Å²) in [6.45, 7) is 0.322. The van der Waals surface area contributed by atoms with Crippen LogP contribution in [-0.2, 0) is 6.54 Å². The van der Waals surface area contributed by atoms with Crippen LogP contribution in [0.1, 0.15) is 5.69 Å². The van der Waals surface area contributed by atoms with Gasteiger partial charge in [0.1, 0.15) is 5.65 Å². The van der Waals surface area contributed by atoms with Crippen molar-refractivity contribution in [2.24, 2.45) is 0 Å². The maximum absolute atomic E-state index is 12.4. The first kappa shape index (κ1) is 13.0. The number of halogens is 1. The monoisotopic (exact) mass is 310 g/mol. The fourth-order valence-corrected chi connectivity index (χ4v) is 2.66. The van der Waals surface area contributed by atoms with Gasteiger partial charge in [-0.25, -0.2) is 9.67 Å². The molecule has 0 bridgehead atoms. The largest absolute Gasteiger partial charge is 0.305 e. The molecular weight excluding hydrogens is 300 g/mol. The summed E-state index contributed by atoms with van der Waals surface area (Å²) >= 11 is 5.96. The number of nitrogens with zero attached hydrogens (tertiary/aromatic N) is 4. The zero-order chi connectivity index (χ0) is 15.1. The fraction of sp³-hybridized carbons (Fsp3) is 0.0625. The normalized spacial score (nSPS) is 11.3. The second kappa shape index (κ2) is 4.96. The van der Waals surface area contributed by atoms with E-state index in [1.807, 2.05) is 34.9 Å². The van der Waals surface area contributed by atoms with E-state index in [2.05, 4.69) is 10.1 Å². The van der Waals surface area contributed by atoms with Gasteiger partial charge in [-0.2, -0.15) is 5.10 Å². The van der Waals surface area contributed by atoms with E-state index in [0.29, 0.717) is 17.0 Å². The highest BCUT2D eigenvalue weighted by Gasteiger charge is 2.07. The Kier molecular flexibility index (Phi) is 2.94. The van der Waals surface area contributed by atoms with Crippen LogP contribution >= 0.6 is 11.6 Å². The lowest BCUT2D eigenvalue weighted by molar-refractivity contribution is 0.638. The van der Waals surface area contributed by atoms with E-state index in [-0.39, 0.29) is 5.56 Å². The quantitative estimate of drug-likeness (QED) is 0.572. The van der Waals surface area contributed by atoms with Crippen molar-refractivity contribution in [1.82, 2.24) is 19.2 Å². The number of fused-ring (bicyclic) bond motifs is 2. The van der Waals surface area contributed by atoms with E-state index < -0.39 is 0 Å². The topological polar surface area (TPSA) is 52.2 Å². The van der Waals surface area contributed by atoms with E-state index in [0.717, 1.165) is 16.7 Å². The summed E-state index contributed by atoms with van der Waals surface area (Å²) < 4.78 is 3.26. The maximum Gasteiger partial charge on any atom is 0.274 e. The zero-order valence-corrected chi connectivity index (χ0v) is 12.2. The van der Waals surface area contributed by atoms with Crippen LogP contribution in [0.15, 0.2) is 59.8 Å². The molecule has 0 N–H and O–H groups in total. The zero-order valence-electron chi connectivity index (χ0n) is 11.5. The number of hydrogen-bond donors (Lipinski definition) is 0. The maximum atomic E-state index is 12.4. The molecule has 0 saturated carbocycles. The number of pyridine rings is 1. The summed E-state index contributed by atoms with van der Waals surface area (Å²) in [4.78, 5) is 16.9. The highest BCUT2D eigenvalue weighted by Crippen LogP contribution is 2.12. The number of hydrogen-bond acceptors (Lipinski definition) is 3. The molecule has 3 heterocycles. The van der Waals surface area contributed by atoms with Gasteiger partial charge in [0.05, 0.1) is 28.8 Å². The third kappa shape index (κ3) is 2.16. The van der Waals surface area contributed by atoms with E-state index in [4.69, 9.17) is 11.6 Å². The number of benzene rings is 1. The summed E-state index contributed by atoms with van der Waals surface area (Å²) in [5.74, 6) is 0. The van der Waals surface area contributed by atoms with Crippen molar-refractivity contribution in [3.05, 3.63) is 76.1 Å². The van der Waals surface area contributed by atoms with Gasteiger partial charge in [-0.3, -0.25) is 4.79 Å². The molecule has 0 fully saturated rings. The van der Waals surface area contributed by atoms with Gasteiger partial charge >= 0.3 is 0 Å². The van der Waals surface area contributed by atoms with Gasteiger partial charge in [-0.15, -0.1) is 0 Å². The molecule has 22 heavy (non-hydrogen) atoms. The highest BCUT2D eigenvalue weighted by molar-refractivity contribution is 6.30. The molecule has 108 valence electrons. The molecule has 0 aliphatic heterocycles. The summed E-state index contributed by atoms with van der Waals surface area (Å²) in [7, 11) is 0. The molecule has 0 aliphatic carbocycles. The Morgan fingerprint density at radius 2 is 1.95 bits per heavy atom. The van der Waals surface area contributed by atoms with Crippen molar-refractivity contribution < 1.29 is 0 Å². The molecule has 6 heteroatoms. The Morgan fingerprint density at radius 3 is 2.86 bits per heavy atom. The molecule has 0 aliphatic rings. The average Bonchev–Trinajstić information content (AvgIpc) is 2.92. The molecule has 4 aromatic rings. The molecular formula is C16H11ClN4O. The first-order valence-electron chi connectivity index (χ1n) is 6.79. The van der Waals surface area contributed by atoms with Crippen LogP contribution in [0.4, 0.5) is 0 Å². The smallest absolute Gasteiger partial charge is 0.274 e. The van der Waals surface area contributed by atoms with Crippen LogP contribution < -0.4 is 5.56 Å². The molecule has 0 radical (unpaired) electrons. The Hall–Kier alpha value is -2.66. The summed E-state index contributed by atoms with van der Waals surface area (Å²) in [6, 6.07) is 11.0. The Bertz CT molecular complexity index is 1050. The van der Waals surface area contributed by atoms with E-state index in [1.165, 1.54) is 4.68 Å². The standard InChI is InChI=1S/C16H11ClN4O/c17-12-5-6-15-19-13(9-20(15)8-12)10-21-16(22)14-4-2-1-3-11(14)7-18-21/h1-9H,10H2. The fourth-order valence-electron chi connectivity index (χ4n) is 2.49. The summed E-state index contributed by atoms with van der Waals surface area (Å²) in [5, 5.41) is 6.35. The minimum Gasteiger partial charge on any atom is -0.305 e.